The lowest BCUT2D eigenvalue weighted by molar-refractivity contribution is -0.139. The molecule has 5 heteroatoms. The Hall–Kier alpha value is -0.650. The highest BCUT2D eigenvalue weighted by Gasteiger charge is 2.15. The first-order chi connectivity index (χ1) is 5.07. The van der Waals surface area contributed by atoms with Crippen LogP contribution in [0.15, 0.2) is 0 Å². The molecule has 0 radical (unpaired) electrons. The van der Waals surface area contributed by atoms with Crippen LogP contribution in [0.5, 0.6) is 0 Å². The second-order valence-electron chi connectivity index (χ2n) is 2.41. The fourth-order valence-corrected chi connectivity index (χ4v) is 0.704. The molecule has 0 saturated carbocycles. The first kappa shape index (κ1) is 10.3. The van der Waals surface area contributed by atoms with Crippen LogP contribution in [0.4, 0.5) is 0 Å². The molecule has 0 fully saturated rings. The summed E-state index contributed by atoms with van der Waals surface area (Å²) in [7, 11) is 0. The fraction of sp³-hybridized carbons (Fsp3) is 0.833. The van der Waals surface area contributed by atoms with Crippen LogP contribution in [0.1, 0.15) is 12.8 Å². The zero-order valence-corrected chi connectivity index (χ0v) is 6.23. The molecule has 0 spiro atoms. The van der Waals surface area contributed by atoms with Gasteiger partial charge < -0.3 is 21.7 Å². The van der Waals surface area contributed by atoms with Crippen molar-refractivity contribution >= 4 is 5.97 Å². The van der Waals surface area contributed by atoms with E-state index in [2.05, 4.69) is 0 Å². The largest absolute Gasteiger partial charge is 0.480 e. The van der Waals surface area contributed by atoms with Gasteiger partial charge in [0.05, 0.1) is 6.10 Å². The zero-order chi connectivity index (χ0) is 8.85. The van der Waals surface area contributed by atoms with Gasteiger partial charge in [-0.15, -0.1) is 0 Å². The number of carboxylic acid groups (broad SMARTS) is 1. The minimum Gasteiger partial charge on any atom is -0.480 e. The van der Waals surface area contributed by atoms with E-state index in [4.69, 9.17) is 21.7 Å². The van der Waals surface area contributed by atoms with Crippen molar-refractivity contribution < 1.29 is 15.0 Å². The number of carbonyl (C=O) groups is 1. The minimum absolute atomic E-state index is 0.0620. The molecule has 0 rings (SSSR count). The number of aliphatic hydroxyl groups excluding tert-OH is 1. The van der Waals surface area contributed by atoms with Gasteiger partial charge in [-0.3, -0.25) is 4.79 Å². The first-order valence-corrected chi connectivity index (χ1v) is 3.44. The third-order valence-electron chi connectivity index (χ3n) is 1.34. The molecule has 0 unspecified atom stereocenters. The van der Waals surface area contributed by atoms with Crippen molar-refractivity contribution in [1.29, 1.82) is 0 Å². The highest BCUT2D eigenvalue weighted by Crippen LogP contribution is 1.99. The van der Waals surface area contributed by atoms with E-state index >= 15 is 0 Å². The lowest BCUT2D eigenvalue weighted by Crippen LogP contribution is -2.34. The second kappa shape index (κ2) is 5.06. The standard InChI is InChI=1S/C6H14N2O3/c7-2-1-4(9)3-5(8)6(10)11/h4-5,9H,1-3,7-8H2,(H,10,11)/t4-,5-/m0/s1. The number of hydrogen-bond donors (Lipinski definition) is 4. The van der Waals surface area contributed by atoms with Gasteiger partial charge in [0.15, 0.2) is 0 Å². The van der Waals surface area contributed by atoms with Crippen molar-refractivity contribution in [3.05, 3.63) is 0 Å². The number of carboxylic acids is 1. The molecular weight excluding hydrogens is 148 g/mol. The third-order valence-corrected chi connectivity index (χ3v) is 1.34. The lowest BCUT2D eigenvalue weighted by Gasteiger charge is -2.11. The van der Waals surface area contributed by atoms with Gasteiger partial charge in [0.1, 0.15) is 6.04 Å². The van der Waals surface area contributed by atoms with Gasteiger partial charge in [-0.25, -0.2) is 0 Å². The van der Waals surface area contributed by atoms with Crippen LogP contribution in [0.25, 0.3) is 0 Å². The van der Waals surface area contributed by atoms with Crippen LogP contribution >= 0.6 is 0 Å². The Labute approximate surface area is 65.0 Å². The summed E-state index contributed by atoms with van der Waals surface area (Å²) in [6.45, 7) is 0.341. The normalized spacial score (nSPS) is 15.9. The smallest absolute Gasteiger partial charge is 0.320 e. The summed E-state index contributed by atoms with van der Waals surface area (Å²) in [5.74, 6) is -1.10. The predicted molar refractivity (Wildman–Crippen MR) is 39.9 cm³/mol. The van der Waals surface area contributed by atoms with Crippen molar-refractivity contribution in [2.24, 2.45) is 11.5 Å². The SMILES string of the molecule is NCC[C@H](O)C[C@H](N)C(=O)O. The molecule has 11 heavy (non-hydrogen) atoms. The maximum atomic E-state index is 10.2. The van der Waals surface area contributed by atoms with E-state index in [0.717, 1.165) is 0 Å². The zero-order valence-electron chi connectivity index (χ0n) is 6.23. The van der Waals surface area contributed by atoms with E-state index in [1.54, 1.807) is 0 Å². The first-order valence-electron chi connectivity index (χ1n) is 3.44. The number of rotatable bonds is 5. The van der Waals surface area contributed by atoms with Crippen LogP contribution in [0.2, 0.25) is 0 Å². The molecule has 66 valence electrons. The van der Waals surface area contributed by atoms with Crippen molar-refractivity contribution in [3.8, 4) is 0 Å². The van der Waals surface area contributed by atoms with Crippen molar-refractivity contribution in [2.45, 2.75) is 25.0 Å². The Balaban J connectivity index is 3.56. The van der Waals surface area contributed by atoms with Crippen LogP contribution in [-0.4, -0.2) is 34.9 Å². The molecule has 0 bridgehead atoms. The molecule has 0 amide bonds. The summed E-state index contributed by atoms with van der Waals surface area (Å²) < 4.78 is 0. The molecule has 6 N–H and O–H groups in total. The quantitative estimate of drug-likeness (QED) is 0.393. The summed E-state index contributed by atoms with van der Waals surface area (Å²) in [6.07, 6.45) is -0.251. The topological polar surface area (TPSA) is 110 Å². The van der Waals surface area contributed by atoms with E-state index in [1.807, 2.05) is 0 Å². The third kappa shape index (κ3) is 4.72. The molecule has 0 saturated heterocycles. The molecule has 0 aromatic heterocycles. The summed E-state index contributed by atoms with van der Waals surface area (Å²) >= 11 is 0. The molecule has 0 aliphatic heterocycles. The molecule has 0 aromatic carbocycles. The Morgan fingerprint density at radius 3 is 2.45 bits per heavy atom. The summed E-state index contributed by atoms with van der Waals surface area (Å²) in [4.78, 5) is 10.2. The molecular formula is C6H14N2O3. The van der Waals surface area contributed by atoms with Crippen LogP contribution < -0.4 is 11.5 Å². The molecule has 0 heterocycles. The molecule has 2 atom stereocenters. The number of hydrogen-bond acceptors (Lipinski definition) is 4. The molecule has 0 aromatic rings. The minimum atomic E-state index is -1.10. The molecule has 0 aliphatic rings. The molecule has 5 nitrogen and oxygen atoms in total. The van der Waals surface area contributed by atoms with E-state index in [0.29, 0.717) is 13.0 Å². The summed E-state index contributed by atoms with van der Waals surface area (Å²) in [5.41, 5.74) is 10.3. The Morgan fingerprint density at radius 2 is 2.09 bits per heavy atom. The molecule has 0 aliphatic carbocycles. The Bertz CT molecular complexity index is 129. The van der Waals surface area contributed by atoms with Crippen molar-refractivity contribution in [2.75, 3.05) is 6.54 Å². The van der Waals surface area contributed by atoms with E-state index in [9.17, 15) is 4.79 Å². The second-order valence-corrected chi connectivity index (χ2v) is 2.41. The van der Waals surface area contributed by atoms with Crippen LogP contribution in [0, 0.1) is 0 Å². The maximum absolute atomic E-state index is 10.2. The number of nitrogens with two attached hydrogens (primary N) is 2. The van der Waals surface area contributed by atoms with E-state index < -0.39 is 18.1 Å². The fourth-order valence-electron chi connectivity index (χ4n) is 0.704. The van der Waals surface area contributed by atoms with Crippen molar-refractivity contribution in [3.63, 3.8) is 0 Å². The monoisotopic (exact) mass is 162 g/mol. The van der Waals surface area contributed by atoms with E-state index in [1.165, 1.54) is 0 Å². The lowest BCUT2D eigenvalue weighted by atomic mass is 10.1. The van der Waals surface area contributed by atoms with Crippen LogP contribution in [-0.2, 0) is 4.79 Å². The average Bonchev–Trinajstić information content (AvgIpc) is 1.87. The Kier molecular flexibility index (Phi) is 4.76. The van der Waals surface area contributed by atoms with Gasteiger partial charge in [-0.2, -0.15) is 0 Å². The predicted octanol–water partition coefficient (Wildman–Crippen LogP) is -1.50. The van der Waals surface area contributed by atoms with E-state index in [-0.39, 0.29) is 6.42 Å². The summed E-state index contributed by atoms with van der Waals surface area (Å²) in [5, 5.41) is 17.4. The Morgan fingerprint density at radius 1 is 1.55 bits per heavy atom. The highest BCUT2D eigenvalue weighted by molar-refractivity contribution is 5.73. The number of aliphatic hydroxyl groups is 1. The number of aliphatic carboxylic acids is 1. The van der Waals surface area contributed by atoms with Gasteiger partial charge in [-0.1, -0.05) is 0 Å². The maximum Gasteiger partial charge on any atom is 0.320 e. The highest BCUT2D eigenvalue weighted by atomic mass is 16.4. The van der Waals surface area contributed by atoms with Gasteiger partial charge in [-0.05, 0) is 19.4 Å². The average molecular weight is 162 g/mol. The summed E-state index contributed by atoms with van der Waals surface area (Å²) in [6, 6.07) is -0.989. The van der Waals surface area contributed by atoms with Gasteiger partial charge in [0.2, 0.25) is 0 Å². The van der Waals surface area contributed by atoms with Gasteiger partial charge in [0.25, 0.3) is 0 Å². The van der Waals surface area contributed by atoms with Crippen molar-refractivity contribution in [1.82, 2.24) is 0 Å². The van der Waals surface area contributed by atoms with Gasteiger partial charge in [0, 0.05) is 0 Å². The van der Waals surface area contributed by atoms with Gasteiger partial charge >= 0.3 is 5.97 Å². The van der Waals surface area contributed by atoms with Crippen LogP contribution in [0.3, 0.4) is 0 Å².